The van der Waals surface area contributed by atoms with E-state index in [0.717, 1.165) is 36.3 Å². The largest absolute Gasteiger partial charge is 0.380 e. The van der Waals surface area contributed by atoms with Gasteiger partial charge in [-0.1, -0.05) is 18.7 Å². The van der Waals surface area contributed by atoms with E-state index in [1.165, 1.54) is 18.0 Å². The standard InChI is InChI=1S/C11H19N3OS2/c1-3-5-12-9-4-6-15-7-10(9)16-11-13-8(2)14-17-11/h9-10,12H,3-7H2,1-2H3. The predicted octanol–water partition coefficient (Wildman–Crippen LogP) is 2.10. The van der Waals surface area contributed by atoms with Gasteiger partial charge in [-0.15, -0.1) is 0 Å². The molecule has 4 nitrogen and oxygen atoms in total. The molecule has 96 valence electrons. The van der Waals surface area contributed by atoms with Crippen molar-refractivity contribution < 1.29 is 4.74 Å². The number of rotatable bonds is 5. The third kappa shape index (κ3) is 3.91. The van der Waals surface area contributed by atoms with Crippen molar-refractivity contribution in [1.29, 1.82) is 0 Å². The first-order chi connectivity index (χ1) is 8.29. The van der Waals surface area contributed by atoms with Crippen LogP contribution in [0.5, 0.6) is 0 Å². The van der Waals surface area contributed by atoms with E-state index in [-0.39, 0.29) is 0 Å². The third-order valence-corrected chi connectivity index (χ3v) is 4.90. The maximum Gasteiger partial charge on any atom is 0.170 e. The Kier molecular flexibility index (Phi) is 5.21. The van der Waals surface area contributed by atoms with Crippen molar-refractivity contribution in [3.8, 4) is 0 Å². The maximum atomic E-state index is 5.57. The zero-order chi connectivity index (χ0) is 12.1. The molecule has 0 aliphatic carbocycles. The Balaban J connectivity index is 1.91. The monoisotopic (exact) mass is 273 g/mol. The van der Waals surface area contributed by atoms with Crippen LogP contribution < -0.4 is 5.32 Å². The molecule has 1 aromatic heterocycles. The Morgan fingerprint density at radius 2 is 2.47 bits per heavy atom. The fraction of sp³-hybridized carbons (Fsp3) is 0.818. The Labute approximate surface area is 111 Å². The molecule has 1 fully saturated rings. The van der Waals surface area contributed by atoms with Gasteiger partial charge in [-0.25, -0.2) is 4.98 Å². The minimum absolute atomic E-state index is 0.461. The van der Waals surface area contributed by atoms with Crippen molar-refractivity contribution in [2.45, 2.75) is 42.3 Å². The van der Waals surface area contributed by atoms with Crippen molar-refractivity contribution in [3.05, 3.63) is 5.82 Å². The molecule has 2 heterocycles. The highest BCUT2D eigenvalue weighted by Crippen LogP contribution is 2.30. The van der Waals surface area contributed by atoms with E-state index >= 15 is 0 Å². The zero-order valence-electron chi connectivity index (χ0n) is 10.3. The van der Waals surface area contributed by atoms with E-state index in [1.807, 2.05) is 6.92 Å². The van der Waals surface area contributed by atoms with Crippen LogP contribution in [0.25, 0.3) is 0 Å². The summed E-state index contributed by atoms with van der Waals surface area (Å²) in [5.41, 5.74) is 0. The molecule has 0 bridgehead atoms. The second kappa shape index (κ2) is 6.68. The number of nitrogens with zero attached hydrogens (tertiary/aromatic N) is 2. The van der Waals surface area contributed by atoms with Crippen molar-refractivity contribution in [3.63, 3.8) is 0 Å². The Morgan fingerprint density at radius 1 is 1.59 bits per heavy atom. The number of thioether (sulfide) groups is 1. The maximum absolute atomic E-state index is 5.57. The van der Waals surface area contributed by atoms with Crippen molar-refractivity contribution in [2.75, 3.05) is 19.8 Å². The Morgan fingerprint density at radius 3 is 3.18 bits per heavy atom. The Hall–Kier alpha value is -0.170. The first-order valence-corrected chi connectivity index (χ1v) is 7.73. The van der Waals surface area contributed by atoms with Gasteiger partial charge in [0.1, 0.15) is 5.82 Å². The summed E-state index contributed by atoms with van der Waals surface area (Å²) in [7, 11) is 0. The second-order valence-corrected chi connectivity index (χ2v) is 6.43. The van der Waals surface area contributed by atoms with Crippen molar-refractivity contribution in [1.82, 2.24) is 14.7 Å². The summed E-state index contributed by atoms with van der Waals surface area (Å²) < 4.78 is 10.8. The lowest BCUT2D eigenvalue weighted by Crippen LogP contribution is -2.45. The van der Waals surface area contributed by atoms with Gasteiger partial charge >= 0.3 is 0 Å². The Bertz CT molecular complexity index is 345. The summed E-state index contributed by atoms with van der Waals surface area (Å²) in [6.45, 7) is 6.89. The molecule has 1 saturated heterocycles. The topological polar surface area (TPSA) is 47.0 Å². The lowest BCUT2D eigenvalue weighted by molar-refractivity contribution is 0.0833. The van der Waals surface area contributed by atoms with Gasteiger partial charge in [-0.2, -0.15) is 4.37 Å². The smallest absolute Gasteiger partial charge is 0.170 e. The number of hydrogen-bond acceptors (Lipinski definition) is 6. The first-order valence-electron chi connectivity index (χ1n) is 6.07. The fourth-order valence-electron chi connectivity index (χ4n) is 1.85. The van der Waals surface area contributed by atoms with Gasteiger partial charge in [0.25, 0.3) is 0 Å². The molecule has 6 heteroatoms. The van der Waals surface area contributed by atoms with E-state index in [2.05, 4.69) is 21.6 Å². The molecule has 0 radical (unpaired) electrons. The van der Waals surface area contributed by atoms with Crippen LogP contribution in [-0.4, -0.2) is 40.4 Å². The minimum Gasteiger partial charge on any atom is -0.380 e. The molecule has 1 aliphatic heterocycles. The lowest BCUT2D eigenvalue weighted by atomic mass is 10.1. The summed E-state index contributed by atoms with van der Waals surface area (Å²) in [5, 5.41) is 4.06. The zero-order valence-corrected chi connectivity index (χ0v) is 11.9. The molecule has 1 aromatic rings. The van der Waals surface area contributed by atoms with Gasteiger partial charge in [0.15, 0.2) is 4.34 Å². The van der Waals surface area contributed by atoms with Crippen LogP contribution in [0.15, 0.2) is 4.34 Å². The molecular formula is C11H19N3OS2. The minimum atomic E-state index is 0.461. The molecule has 0 saturated carbocycles. The summed E-state index contributed by atoms with van der Waals surface area (Å²) in [6.07, 6.45) is 2.27. The van der Waals surface area contributed by atoms with Crippen LogP contribution >= 0.6 is 23.3 Å². The van der Waals surface area contributed by atoms with Gasteiger partial charge in [-0.05, 0) is 37.8 Å². The summed E-state index contributed by atoms with van der Waals surface area (Å²) in [6, 6.07) is 0.540. The van der Waals surface area contributed by atoms with Crippen molar-refractivity contribution in [2.24, 2.45) is 0 Å². The van der Waals surface area contributed by atoms with Crippen LogP contribution in [0.2, 0.25) is 0 Å². The first kappa shape index (κ1) is 13.3. The van der Waals surface area contributed by atoms with Crippen LogP contribution in [0.1, 0.15) is 25.6 Å². The molecule has 0 amide bonds. The van der Waals surface area contributed by atoms with Gasteiger partial charge in [0.05, 0.1) is 11.9 Å². The van der Waals surface area contributed by atoms with E-state index in [4.69, 9.17) is 4.74 Å². The highest BCUT2D eigenvalue weighted by Gasteiger charge is 2.27. The predicted molar refractivity (Wildman–Crippen MR) is 71.8 cm³/mol. The fourth-order valence-corrected chi connectivity index (χ4v) is 3.93. The number of ether oxygens (including phenoxy) is 1. The van der Waals surface area contributed by atoms with Gasteiger partial charge in [0.2, 0.25) is 0 Å². The van der Waals surface area contributed by atoms with Crippen LogP contribution in [-0.2, 0) is 4.74 Å². The lowest BCUT2D eigenvalue weighted by Gasteiger charge is -2.31. The summed E-state index contributed by atoms with van der Waals surface area (Å²) in [4.78, 5) is 4.41. The number of aryl methyl sites for hydroxylation is 1. The second-order valence-electron chi connectivity index (χ2n) is 4.19. The summed E-state index contributed by atoms with van der Waals surface area (Å²) >= 11 is 3.29. The normalized spacial score (nSPS) is 25.1. The van der Waals surface area contributed by atoms with Crippen LogP contribution in [0.4, 0.5) is 0 Å². The average molecular weight is 273 g/mol. The SMILES string of the molecule is CCCNC1CCOCC1Sc1nc(C)ns1. The average Bonchev–Trinajstić information content (AvgIpc) is 2.74. The van der Waals surface area contributed by atoms with Gasteiger partial charge in [0, 0.05) is 12.6 Å². The number of nitrogens with one attached hydrogen (secondary N) is 1. The van der Waals surface area contributed by atoms with Gasteiger partial charge < -0.3 is 10.1 Å². The molecule has 17 heavy (non-hydrogen) atoms. The van der Waals surface area contributed by atoms with E-state index in [0.29, 0.717) is 11.3 Å². The molecular weight excluding hydrogens is 254 g/mol. The molecule has 0 spiro atoms. The summed E-state index contributed by atoms with van der Waals surface area (Å²) in [5.74, 6) is 0.868. The third-order valence-electron chi connectivity index (χ3n) is 2.72. The molecule has 2 unspecified atom stereocenters. The van der Waals surface area contributed by atoms with E-state index in [9.17, 15) is 0 Å². The number of hydrogen-bond donors (Lipinski definition) is 1. The van der Waals surface area contributed by atoms with E-state index in [1.54, 1.807) is 11.8 Å². The van der Waals surface area contributed by atoms with Gasteiger partial charge in [-0.3, -0.25) is 0 Å². The highest BCUT2D eigenvalue weighted by molar-refractivity contribution is 8.01. The molecule has 1 N–H and O–H groups in total. The van der Waals surface area contributed by atoms with E-state index < -0.39 is 0 Å². The molecule has 0 aromatic carbocycles. The molecule has 2 atom stereocenters. The van der Waals surface area contributed by atoms with Crippen molar-refractivity contribution >= 4 is 23.3 Å². The number of aromatic nitrogens is 2. The quantitative estimate of drug-likeness (QED) is 0.890. The van der Waals surface area contributed by atoms with Crippen LogP contribution in [0.3, 0.4) is 0 Å². The molecule has 1 aliphatic rings. The highest BCUT2D eigenvalue weighted by atomic mass is 32.2. The molecule has 2 rings (SSSR count). The van der Waals surface area contributed by atoms with Crippen LogP contribution in [0, 0.1) is 6.92 Å².